The lowest BCUT2D eigenvalue weighted by atomic mass is 10.1. The molecule has 3 aromatic rings. The highest BCUT2D eigenvalue weighted by Crippen LogP contribution is 2.27. The molecule has 0 aliphatic carbocycles. The fourth-order valence-corrected chi connectivity index (χ4v) is 5.49. The van der Waals surface area contributed by atoms with E-state index in [0.717, 1.165) is 15.4 Å². The van der Waals surface area contributed by atoms with E-state index in [0.29, 0.717) is 10.2 Å². The van der Waals surface area contributed by atoms with Crippen LogP contribution in [-0.4, -0.2) is 44.8 Å². The number of amides is 2. The summed E-state index contributed by atoms with van der Waals surface area (Å²) >= 11 is 3.38. The number of benzene rings is 3. The monoisotopic (exact) mass is 557 g/mol. The van der Waals surface area contributed by atoms with Gasteiger partial charge >= 0.3 is 0 Å². The maximum absolute atomic E-state index is 13.7. The van der Waals surface area contributed by atoms with Crippen LogP contribution < -0.4 is 9.62 Å². The zero-order chi connectivity index (χ0) is 25.6. The molecule has 0 aromatic heterocycles. The van der Waals surface area contributed by atoms with Crippen molar-refractivity contribution in [3.63, 3.8) is 0 Å². The molecule has 3 rings (SSSR count). The quantitative estimate of drug-likeness (QED) is 0.428. The van der Waals surface area contributed by atoms with Gasteiger partial charge in [0.1, 0.15) is 12.6 Å². The van der Waals surface area contributed by atoms with Crippen LogP contribution in [0.2, 0.25) is 0 Å². The van der Waals surface area contributed by atoms with Crippen molar-refractivity contribution in [3.8, 4) is 0 Å². The molecule has 35 heavy (non-hydrogen) atoms. The summed E-state index contributed by atoms with van der Waals surface area (Å²) in [4.78, 5) is 27.6. The topological polar surface area (TPSA) is 86.8 Å². The van der Waals surface area contributed by atoms with Crippen LogP contribution in [0, 0.1) is 6.92 Å². The van der Waals surface area contributed by atoms with Gasteiger partial charge in [0.15, 0.2) is 0 Å². The first-order valence-corrected chi connectivity index (χ1v) is 13.3. The number of rotatable bonds is 9. The minimum absolute atomic E-state index is 0.0670. The number of halogens is 1. The van der Waals surface area contributed by atoms with Crippen molar-refractivity contribution in [2.45, 2.75) is 31.3 Å². The second-order valence-electron chi connectivity index (χ2n) is 8.11. The van der Waals surface area contributed by atoms with E-state index in [2.05, 4.69) is 21.2 Å². The van der Waals surface area contributed by atoms with Crippen molar-refractivity contribution in [1.29, 1.82) is 0 Å². The van der Waals surface area contributed by atoms with Crippen LogP contribution in [0.5, 0.6) is 0 Å². The normalized spacial score (nSPS) is 12.0. The third kappa shape index (κ3) is 6.49. The van der Waals surface area contributed by atoms with Gasteiger partial charge in [0.05, 0.1) is 10.6 Å². The van der Waals surface area contributed by atoms with Gasteiger partial charge in [-0.05, 0) is 49.7 Å². The Morgan fingerprint density at radius 2 is 1.66 bits per heavy atom. The Kier molecular flexibility index (Phi) is 8.69. The summed E-state index contributed by atoms with van der Waals surface area (Å²) < 4.78 is 29.0. The average Bonchev–Trinajstić information content (AvgIpc) is 2.85. The highest BCUT2D eigenvalue weighted by atomic mass is 79.9. The second-order valence-corrected chi connectivity index (χ2v) is 10.9. The van der Waals surface area contributed by atoms with Crippen molar-refractivity contribution >= 4 is 43.5 Å². The first-order chi connectivity index (χ1) is 16.6. The maximum Gasteiger partial charge on any atom is 0.264 e. The van der Waals surface area contributed by atoms with Gasteiger partial charge in [-0.15, -0.1) is 0 Å². The summed E-state index contributed by atoms with van der Waals surface area (Å²) in [6.07, 6.45) is 0. The minimum atomic E-state index is -4.07. The van der Waals surface area contributed by atoms with Gasteiger partial charge in [-0.2, -0.15) is 0 Å². The molecule has 0 radical (unpaired) electrons. The number of nitrogens with zero attached hydrogens (tertiary/aromatic N) is 2. The molecule has 1 atom stereocenters. The summed E-state index contributed by atoms with van der Waals surface area (Å²) in [5, 5.41) is 2.57. The van der Waals surface area contributed by atoms with Crippen molar-refractivity contribution in [2.75, 3.05) is 17.9 Å². The van der Waals surface area contributed by atoms with Crippen LogP contribution in [0.1, 0.15) is 18.1 Å². The van der Waals surface area contributed by atoms with Gasteiger partial charge in [-0.1, -0.05) is 70.0 Å². The standard InChI is InChI=1S/C26H28BrN3O4S/c1-19-9-7-10-21(15-19)17-29(20(2)26(32)28-3)25(31)18-30(23-12-8-11-22(27)16-23)35(33,34)24-13-5-4-6-14-24/h4-16,20H,17-18H2,1-3H3,(H,28,32). The predicted octanol–water partition coefficient (Wildman–Crippen LogP) is 4.12. The number of sulfonamides is 1. The van der Waals surface area contributed by atoms with Crippen molar-refractivity contribution < 1.29 is 18.0 Å². The Hall–Kier alpha value is -3.17. The van der Waals surface area contributed by atoms with Gasteiger partial charge in [-0.3, -0.25) is 13.9 Å². The van der Waals surface area contributed by atoms with E-state index >= 15 is 0 Å². The third-order valence-electron chi connectivity index (χ3n) is 5.56. The Morgan fingerprint density at radius 1 is 0.971 bits per heavy atom. The molecular weight excluding hydrogens is 530 g/mol. The van der Waals surface area contributed by atoms with Crippen molar-refractivity contribution in [1.82, 2.24) is 10.2 Å². The van der Waals surface area contributed by atoms with Crippen LogP contribution in [0.3, 0.4) is 0 Å². The molecule has 3 aromatic carbocycles. The SMILES string of the molecule is CNC(=O)C(C)N(Cc1cccc(C)c1)C(=O)CN(c1cccc(Br)c1)S(=O)(=O)c1ccccc1. The van der Waals surface area contributed by atoms with Crippen LogP contribution >= 0.6 is 15.9 Å². The van der Waals surface area contributed by atoms with E-state index in [4.69, 9.17) is 0 Å². The Labute approximate surface area is 214 Å². The van der Waals surface area contributed by atoms with Crippen molar-refractivity contribution in [2.24, 2.45) is 0 Å². The minimum Gasteiger partial charge on any atom is -0.357 e. The number of hydrogen-bond acceptors (Lipinski definition) is 4. The first-order valence-electron chi connectivity index (χ1n) is 11.0. The van der Waals surface area contributed by atoms with Crippen LogP contribution in [0.15, 0.2) is 88.2 Å². The highest BCUT2D eigenvalue weighted by molar-refractivity contribution is 9.10. The largest absolute Gasteiger partial charge is 0.357 e. The molecule has 0 spiro atoms. The molecular formula is C26H28BrN3O4S. The lowest BCUT2D eigenvalue weighted by Gasteiger charge is -2.32. The van der Waals surface area contributed by atoms with E-state index in [1.807, 2.05) is 31.2 Å². The number of carbonyl (C=O) groups is 2. The van der Waals surface area contributed by atoms with E-state index in [1.165, 1.54) is 24.1 Å². The van der Waals surface area contributed by atoms with Crippen molar-refractivity contribution in [3.05, 3.63) is 94.5 Å². The number of anilines is 1. The van der Waals surface area contributed by atoms with Crippen LogP contribution in [-0.2, 0) is 26.2 Å². The summed E-state index contributed by atoms with van der Waals surface area (Å²) in [6, 6.07) is 21.5. The molecule has 1 unspecified atom stereocenters. The van der Waals surface area contributed by atoms with Gasteiger partial charge < -0.3 is 10.2 Å². The number of hydrogen-bond donors (Lipinski definition) is 1. The van der Waals surface area contributed by atoms with E-state index in [1.54, 1.807) is 49.4 Å². The molecule has 184 valence electrons. The molecule has 0 bridgehead atoms. The van der Waals surface area contributed by atoms with Crippen LogP contribution in [0.25, 0.3) is 0 Å². The molecule has 7 nitrogen and oxygen atoms in total. The Balaban J connectivity index is 2.02. The summed E-state index contributed by atoms with van der Waals surface area (Å²) in [6.45, 7) is 3.26. The van der Waals surface area contributed by atoms with E-state index in [-0.39, 0.29) is 17.3 Å². The average molecular weight is 558 g/mol. The Morgan fingerprint density at radius 3 is 2.29 bits per heavy atom. The molecule has 2 amide bonds. The maximum atomic E-state index is 13.7. The molecule has 0 heterocycles. The Bertz CT molecular complexity index is 1300. The van der Waals surface area contributed by atoms with Gasteiger partial charge in [0.2, 0.25) is 11.8 Å². The lowest BCUT2D eigenvalue weighted by molar-refractivity contribution is -0.139. The third-order valence-corrected chi connectivity index (χ3v) is 7.84. The second kappa shape index (κ2) is 11.5. The highest BCUT2D eigenvalue weighted by Gasteiger charge is 2.32. The number of nitrogens with one attached hydrogen (secondary N) is 1. The molecule has 0 saturated carbocycles. The summed E-state index contributed by atoms with van der Waals surface area (Å²) in [7, 11) is -2.56. The first kappa shape index (κ1) is 26.4. The van der Waals surface area contributed by atoms with Gasteiger partial charge in [-0.25, -0.2) is 8.42 Å². The van der Waals surface area contributed by atoms with Gasteiger partial charge in [0.25, 0.3) is 10.0 Å². The number of likely N-dealkylation sites (N-methyl/N-ethyl adjacent to an activating group) is 1. The fourth-order valence-electron chi connectivity index (χ4n) is 3.68. The van der Waals surface area contributed by atoms with Gasteiger partial charge in [0, 0.05) is 18.1 Å². The number of aryl methyl sites for hydroxylation is 1. The predicted molar refractivity (Wildman–Crippen MR) is 140 cm³/mol. The fraction of sp³-hybridized carbons (Fsp3) is 0.231. The lowest BCUT2D eigenvalue weighted by Crippen LogP contribution is -2.50. The number of carbonyl (C=O) groups excluding carboxylic acids is 2. The van der Waals surface area contributed by atoms with E-state index < -0.39 is 28.5 Å². The molecule has 0 aliphatic rings. The molecule has 0 aliphatic heterocycles. The van der Waals surface area contributed by atoms with Crippen LogP contribution in [0.4, 0.5) is 5.69 Å². The molecule has 0 fully saturated rings. The van der Waals surface area contributed by atoms with E-state index in [9.17, 15) is 18.0 Å². The smallest absolute Gasteiger partial charge is 0.264 e. The zero-order valence-corrected chi connectivity index (χ0v) is 22.2. The zero-order valence-electron chi connectivity index (χ0n) is 19.8. The summed E-state index contributed by atoms with van der Waals surface area (Å²) in [5.41, 5.74) is 2.19. The molecule has 0 saturated heterocycles. The molecule has 1 N–H and O–H groups in total. The molecule has 9 heteroatoms. The summed E-state index contributed by atoms with van der Waals surface area (Å²) in [5.74, 6) is -0.840.